The molecule has 2 heterocycles. The molecule has 0 N–H and O–H groups in total. The number of hydrogen-bond acceptors (Lipinski definition) is 4. The summed E-state index contributed by atoms with van der Waals surface area (Å²) in [6, 6.07) is 16.6. The van der Waals surface area contributed by atoms with E-state index in [1.807, 2.05) is 41.8 Å². The minimum atomic E-state index is -2.66. The number of para-hydroxylation sites is 3. The van der Waals surface area contributed by atoms with Crippen LogP contribution >= 0.6 is 11.8 Å². The molecular formula is C18H15F2N5S. The van der Waals surface area contributed by atoms with Crippen molar-refractivity contribution in [3.8, 4) is 5.69 Å². The second-order valence-electron chi connectivity index (χ2n) is 5.69. The molecule has 0 aliphatic carbocycles. The Labute approximate surface area is 152 Å². The third kappa shape index (κ3) is 2.96. The maximum absolute atomic E-state index is 13.7. The molecule has 0 saturated carbocycles. The number of alkyl halides is 2. The molecule has 1 atom stereocenters. The van der Waals surface area contributed by atoms with E-state index in [4.69, 9.17) is 0 Å². The molecule has 5 nitrogen and oxygen atoms in total. The average molecular weight is 371 g/mol. The highest BCUT2D eigenvalue weighted by atomic mass is 32.2. The molecule has 1 unspecified atom stereocenters. The van der Waals surface area contributed by atoms with Crippen molar-refractivity contribution in [1.82, 2.24) is 24.3 Å². The lowest BCUT2D eigenvalue weighted by atomic mass is 10.3. The van der Waals surface area contributed by atoms with Crippen molar-refractivity contribution in [2.45, 2.75) is 23.9 Å². The topological polar surface area (TPSA) is 48.5 Å². The molecule has 0 bridgehead atoms. The van der Waals surface area contributed by atoms with Crippen molar-refractivity contribution in [3.05, 3.63) is 66.7 Å². The van der Waals surface area contributed by atoms with Gasteiger partial charge in [-0.15, -0.1) is 10.2 Å². The van der Waals surface area contributed by atoms with Gasteiger partial charge in [-0.1, -0.05) is 42.1 Å². The monoisotopic (exact) mass is 371 g/mol. The van der Waals surface area contributed by atoms with Crippen molar-refractivity contribution < 1.29 is 8.78 Å². The van der Waals surface area contributed by atoms with Gasteiger partial charge in [0.05, 0.1) is 16.3 Å². The molecule has 132 valence electrons. The largest absolute Gasteiger partial charge is 0.320 e. The molecule has 0 amide bonds. The Morgan fingerprint density at radius 1 is 1.00 bits per heavy atom. The third-order valence-corrected chi connectivity index (χ3v) is 5.07. The molecule has 0 aliphatic heterocycles. The van der Waals surface area contributed by atoms with Crippen molar-refractivity contribution in [1.29, 1.82) is 0 Å². The lowest BCUT2D eigenvalue weighted by Crippen LogP contribution is -2.07. The Bertz CT molecular complexity index is 1030. The summed E-state index contributed by atoms with van der Waals surface area (Å²) in [7, 11) is 0. The maximum Gasteiger partial charge on any atom is 0.320 e. The van der Waals surface area contributed by atoms with Crippen LogP contribution in [0.3, 0.4) is 0 Å². The molecule has 8 heteroatoms. The van der Waals surface area contributed by atoms with Crippen LogP contribution in [0.25, 0.3) is 16.7 Å². The number of hydrogen-bond donors (Lipinski definition) is 0. The first-order valence-corrected chi connectivity index (χ1v) is 8.90. The van der Waals surface area contributed by atoms with Crippen LogP contribution in [0.2, 0.25) is 0 Å². The predicted molar refractivity (Wildman–Crippen MR) is 96.6 cm³/mol. The van der Waals surface area contributed by atoms with Crippen LogP contribution < -0.4 is 0 Å². The van der Waals surface area contributed by atoms with E-state index < -0.39 is 6.55 Å². The Morgan fingerprint density at radius 2 is 1.73 bits per heavy atom. The minimum Gasteiger partial charge on any atom is -0.277 e. The Morgan fingerprint density at radius 3 is 2.50 bits per heavy atom. The van der Waals surface area contributed by atoms with Gasteiger partial charge < -0.3 is 0 Å². The Kier molecular flexibility index (Phi) is 4.42. The van der Waals surface area contributed by atoms with E-state index in [0.29, 0.717) is 22.0 Å². The van der Waals surface area contributed by atoms with E-state index in [2.05, 4.69) is 15.2 Å². The summed E-state index contributed by atoms with van der Waals surface area (Å²) in [5.41, 5.74) is 1.89. The summed E-state index contributed by atoms with van der Waals surface area (Å²) in [5, 5.41) is 8.39. The maximum atomic E-state index is 13.7. The van der Waals surface area contributed by atoms with E-state index in [0.717, 1.165) is 10.3 Å². The first-order chi connectivity index (χ1) is 12.6. The number of halogens is 2. The SMILES string of the molecule is CC(Sc1nncn1-c1ccccc1)c1nc2ccccc2n1C(F)F. The molecule has 26 heavy (non-hydrogen) atoms. The van der Waals surface area contributed by atoms with E-state index in [1.165, 1.54) is 11.8 Å². The zero-order chi connectivity index (χ0) is 18.1. The normalized spacial score (nSPS) is 12.8. The van der Waals surface area contributed by atoms with Gasteiger partial charge in [-0.05, 0) is 31.2 Å². The molecule has 0 radical (unpaired) electrons. The molecular weight excluding hydrogens is 356 g/mol. The lowest BCUT2D eigenvalue weighted by Gasteiger charge is -2.14. The van der Waals surface area contributed by atoms with Gasteiger partial charge in [0.15, 0.2) is 5.16 Å². The van der Waals surface area contributed by atoms with Crippen LogP contribution in [0.15, 0.2) is 66.1 Å². The van der Waals surface area contributed by atoms with Crippen LogP contribution in [0.5, 0.6) is 0 Å². The van der Waals surface area contributed by atoms with Gasteiger partial charge in [-0.3, -0.25) is 9.13 Å². The molecule has 0 aliphatic rings. The number of rotatable bonds is 5. The van der Waals surface area contributed by atoms with Gasteiger partial charge >= 0.3 is 6.55 Å². The predicted octanol–water partition coefficient (Wildman–Crippen LogP) is 4.87. The minimum absolute atomic E-state index is 0.314. The third-order valence-electron chi connectivity index (χ3n) is 4.01. The highest BCUT2D eigenvalue weighted by molar-refractivity contribution is 7.99. The van der Waals surface area contributed by atoms with Crippen LogP contribution in [0.4, 0.5) is 8.78 Å². The first-order valence-electron chi connectivity index (χ1n) is 8.02. The van der Waals surface area contributed by atoms with E-state index in [1.54, 1.807) is 30.6 Å². The van der Waals surface area contributed by atoms with Crippen LogP contribution in [0, 0.1) is 0 Å². The van der Waals surface area contributed by atoms with Crippen LogP contribution in [-0.2, 0) is 0 Å². The lowest BCUT2D eigenvalue weighted by molar-refractivity contribution is 0.0715. The summed E-state index contributed by atoms with van der Waals surface area (Å²) < 4.78 is 30.1. The van der Waals surface area contributed by atoms with Crippen LogP contribution in [-0.4, -0.2) is 24.3 Å². The Hall–Kier alpha value is -2.74. The van der Waals surface area contributed by atoms with E-state index >= 15 is 0 Å². The summed E-state index contributed by atoms with van der Waals surface area (Å²) in [5.74, 6) is 0.314. The van der Waals surface area contributed by atoms with Gasteiger partial charge in [0.25, 0.3) is 0 Å². The fraction of sp³-hybridized carbons (Fsp3) is 0.167. The number of aromatic nitrogens is 5. The second-order valence-corrected chi connectivity index (χ2v) is 6.99. The smallest absolute Gasteiger partial charge is 0.277 e. The molecule has 2 aromatic carbocycles. The van der Waals surface area contributed by atoms with Gasteiger partial charge in [0.1, 0.15) is 12.2 Å². The molecule has 0 spiro atoms. The number of benzene rings is 2. The molecule has 2 aromatic heterocycles. The average Bonchev–Trinajstić information content (AvgIpc) is 3.26. The molecule has 4 aromatic rings. The summed E-state index contributed by atoms with van der Waals surface area (Å²) in [4.78, 5) is 4.42. The molecule has 0 saturated heterocycles. The standard InChI is InChI=1S/C18H15F2N5S/c1-12(16-22-14-9-5-6-10-15(14)25(16)17(19)20)26-18-23-21-11-24(18)13-7-3-2-4-8-13/h2-12,17H,1H3. The van der Waals surface area contributed by atoms with Crippen molar-refractivity contribution in [2.75, 3.05) is 0 Å². The quantitative estimate of drug-likeness (QED) is 0.470. The summed E-state index contributed by atoms with van der Waals surface area (Å²) in [6.45, 7) is -0.818. The molecule has 0 fully saturated rings. The van der Waals surface area contributed by atoms with Crippen molar-refractivity contribution >= 4 is 22.8 Å². The van der Waals surface area contributed by atoms with Crippen molar-refractivity contribution in [2.24, 2.45) is 0 Å². The fourth-order valence-corrected chi connectivity index (χ4v) is 3.78. The van der Waals surface area contributed by atoms with Crippen molar-refractivity contribution in [3.63, 3.8) is 0 Å². The summed E-state index contributed by atoms with van der Waals surface area (Å²) in [6.07, 6.45) is 1.61. The molecule has 4 rings (SSSR count). The fourth-order valence-electron chi connectivity index (χ4n) is 2.84. The van der Waals surface area contributed by atoms with E-state index in [9.17, 15) is 8.78 Å². The summed E-state index contributed by atoms with van der Waals surface area (Å²) >= 11 is 1.34. The van der Waals surface area contributed by atoms with Gasteiger partial charge in [0.2, 0.25) is 0 Å². The highest BCUT2D eigenvalue weighted by Crippen LogP contribution is 2.37. The zero-order valence-corrected chi connectivity index (χ0v) is 14.6. The highest BCUT2D eigenvalue weighted by Gasteiger charge is 2.24. The van der Waals surface area contributed by atoms with E-state index in [-0.39, 0.29) is 5.25 Å². The zero-order valence-electron chi connectivity index (χ0n) is 13.8. The number of fused-ring (bicyclic) bond motifs is 1. The van der Waals surface area contributed by atoms with Gasteiger partial charge in [-0.2, -0.15) is 8.78 Å². The van der Waals surface area contributed by atoms with Crippen LogP contribution in [0.1, 0.15) is 24.5 Å². The van der Waals surface area contributed by atoms with Gasteiger partial charge in [-0.25, -0.2) is 4.98 Å². The number of nitrogens with zero attached hydrogens (tertiary/aromatic N) is 5. The Balaban J connectivity index is 1.70. The number of thioether (sulfide) groups is 1. The second kappa shape index (κ2) is 6.87. The van der Waals surface area contributed by atoms with Gasteiger partial charge in [0, 0.05) is 5.69 Å². The first kappa shape index (κ1) is 16.7. The number of imidazole rings is 1.